The minimum absolute atomic E-state index is 0.0553. The third-order valence-electron chi connectivity index (χ3n) is 2.75. The van der Waals surface area contributed by atoms with Gasteiger partial charge in [0.1, 0.15) is 0 Å². The Morgan fingerprint density at radius 1 is 1.54 bits per heavy atom. The zero-order chi connectivity index (χ0) is 9.90. The predicted molar refractivity (Wildman–Crippen MR) is 50.5 cm³/mol. The second-order valence-electron chi connectivity index (χ2n) is 3.58. The summed E-state index contributed by atoms with van der Waals surface area (Å²) in [6.07, 6.45) is 1.38. The van der Waals surface area contributed by atoms with Gasteiger partial charge in [0.25, 0.3) is 0 Å². The SMILES string of the molecule is CCC(O)(CC)CN1CCNC1=O. The van der Waals surface area contributed by atoms with Crippen LogP contribution in [0.2, 0.25) is 0 Å². The van der Waals surface area contributed by atoms with Crippen LogP contribution in [0.25, 0.3) is 0 Å². The quantitative estimate of drug-likeness (QED) is 0.674. The van der Waals surface area contributed by atoms with Crippen LogP contribution in [0.15, 0.2) is 0 Å². The van der Waals surface area contributed by atoms with Gasteiger partial charge in [0.15, 0.2) is 0 Å². The molecule has 0 saturated carbocycles. The highest BCUT2D eigenvalue weighted by Gasteiger charge is 2.30. The number of β-amino-alcohol motifs (C(OH)–C–C–N with tert-alkyl or cyclic N) is 1. The molecular weight excluding hydrogens is 168 g/mol. The average Bonchev–Trinajstić information content (AvgIpc) is 2.52. The van der Waals surface area contributed by atoms with Crippen LogP contribution < -0.4 is 5.32 Å². The molecule has 0 radical (unpaired) electrons. The summed E-state index contributed by atoms with van der Waals surface area (Å²) in [5.41, 5.74) is -0.707. The highest BCUT2D eigenvalue weighted by molar-refractivity contribution is 5.76. The summed E-state index contributed by atoms with van der Waals surface area (Å²) in [7, 11) is 0. The molecule has 1 saturated heterocycles. The summed E-state index contributed by atoms with van der Waals surface area (Å²) >= 11 is 0. The molecule has 1 rings (SSSR count). The van der Waals surface area contributed by atoms with Gasteiger partial charge in [-0.1, -0.05) is 13.8 Å². The topological polar surface area (TPSA) is 52.6 Å². The van der Waals surface area contributed by atoms with Crippen molar-refractivity contribution < 1.29 is 9.90 Å². The molecular formula is C9H18N2O2. The van der Waals surface area contributed by atoms with E-state index in [1.54, 1.807) is 4.90 Å². The fourth-order valence-corrected chi connectivity index (χ4v) is 1.49. The first kappa shape index (κ1) is 10.3. The maximum atomic E-state index is 11.2. The van der Waals surface area contributed by atoms with Crippen LogP contribution in [-0.4, -0.2) is 41.3 Å². The number of rotatable bonds is 4. The van der Waals surface area contributed by atoms with E-state index >= 15 is 0 Å². The molecule has 76 valence electrons. The Balaban J connectivity index is 2.50. The second kappa shape index (κ2) is 3.96. The molecule has 4 heteroatoms. The van der Waals surface area contributed by atoms with Gasteiger partial charge >= 0.3 is 6.03 Å². The largest absolute Gasteiger partial charge is 0.388 e. The Labute approximate surface area is 78.9 Å². The summed E-state index contributed by atoms with van der Waals surface area (Å²) in [6.45, 7) is 5.74. The van der Waals surface area contributed by atoms with E-state index < -0.39 is 5.60 Å². The Hall–Kier alpha value is -0.770. The molecule has 0 bridgehead atoms. The number of nitrogens with zero attached hydrogens (tertiary/aromatic N) is 1. The smallest absolute Gasteiger partial charge is 0.317 e. The lowest BCUT2D eigenvalue weighted by molar-refractivity contribution is 0.0103. The molecule has 0 unspecified atom stereocenters. The summed E-state index contributed by atoms with van der Waals surface area (Å²) in [5.74, 6) is 0. The lowest BCUT2D eigenvalue weighted by Crippen LogP contribution is -2.43. The minimum Gasteiger partial charge on any atom is -0.388 e. The van der Waals surface area contributed by atoms with E-state index in [1.807, 2.05) is 13.8 Å². The molecule has 2 N–H and O–H groups in total. The second-order valence-corrected chi connectivity index (χ2v) is 3.58. The molecule has 0 atom stereocenters. The van der Waals surface area contributed by atoms with E-state index in [0.717, 1.165) is 0 Å². The van der Waals surface area contributed by atoms with Gasteiger partial charge in [-0.2, -0.15) is 0 Å². The Bertz CT molecular complexity index is 190. The van der Waals surface area contributed by atoms with Crippen molar-refractivity contribution in [3.8, 4) is 0 Å². The van der Waals surface area contributed by atoms with Crippen LogP contribution in [0.4, 0.5) is 4.79 Å². The van der Waals surface area contributed by atoms with Crippen LogP contribution in [0, 0.1) is 0 Å². The first-order valence-electron chi connectivity index (χ1n) is 4.86. The molecule has 0 aromatic heterocycles. The standard InChI is InChI=1S/C9H18N2O2/c1-3-9(13,4-2)7-11-6-5-10-8(11)12/h13H,3-7H2,1-2H3,(H,10,12). The average molecular weight is 186 g/mol. The van der Waals surface area contributed by atoms with Gasteiger partial charge in [-0.3, -0.25) is 0 Å². The Morgan fingerprint density at radius 2 is 2.15 bits per heavy atom. The molecule has 0 spiro atoms. The van der Waals surface area contributed by atoms with E-state index in [9.17, 15) is 9.90 Å². The minimum atomic E-state index is -0.707. The molecule has 0 aromatic rings. The van der Waals surface area contributed by atoms with Crippen molar-refractivity contribution in [1.29, 1.82) is 0 Å². The number of urea groups is 1. The van der Waals surface area contributed by atoms with Gasteiger partial charge in [0, 0.05) is 13.1 Å². The molecule has 1 aliphatic rings. The summed E-state index contributed by atoms with van der Waals surface area (Å²) in [5, 5.41) is 12.7. The predicted octanol–water partition coefficient (Wildman–Crippen LogP) is 0.563. The van der Waals surface area contributed by atoms with Crippen LogP contribution in [-0.2, 0) is 0 Å². The fraction of sp³-hybridized carbons (Fsp3) is 0.889. The molecule has 0 aliphatic carbocycles. The van der Waals surface area contributed by atoms with Crippen molar-refractivity contribution in [2.45, 2.75) is 32.3 Å². The third kappa shape index (κ3) is 2.34. The van der Waals surface area contributed by atoms with Crippen LogP contribution >= 0.6 is 0 Å². The molecule has 13 heavy (non-hydrogen) atoms. The van der Waals surface area contributed by atoms with Crippen molar-refractivity contribution in [3.05, 3.63) is 0 Å². The van der Waals surface area contributed by atoms with Gasteiger partial charge < -0.3 is 15.3 Å². The van der Waals surface area contributed by atoms with E-state index in [-0.39, 0.29) is 6.03 Å². The third-order valence-corrected chi connectivity index (χ3v) is 2.75. The Kier molecular flexibility index (Phi) is 3.14. The zero-order valence-corrected chi connectivity index (χ0v) is 8.34. The number of amides is 2. The highest BCUT2D eigenvalue weighted by atomic mass is 16.3. The van der Waals surface area contributed by atoms with E-state index in [1.165, 1.54) is 0 Å². The van der Waals surface area contributed by atoms with Crippen molar-refractivity contribution >= 4 is 6.03 Å². The van der Waals surface area contributed by atoms with Crippen molar-refractivity contribution in [2.24, 2.45) is 0 Å². The molecule has 1 heterocycles. The van der Waals surface area contributed by atoms with Gasteiger partial charge in [0.05, 0.1) is 12.1 Å². The van der Waals surface area contributed by atoms with Gasteiger partial charge in [-0.25, -0.2) is 4.79 Å². The summed E-state index contributed by atoms with van der Waals surface area (Å²) in [6, 6.07) is -0.0553. The van der Waals surface area contributed by atoms with E-state index in [2.05, 4.69) is 5.32 Å². The van der Waals surface area contributed by atoms with E-state index in [0.29, 0.717) is 32.5 Å². The van der Waals surface area contributed by atoms with Crippen LogP contribution in [0.3, 0.4) is 0 Å². The van der Waals surface area contributed by atoms with Crippen molar-refractivity contribution in [2.75, 3.05) is 19.6 Å². The number of hydrogen-bond donors (Lipinski definition) is 2. The monoisotopic (exact) mass is 186 g/mol. The molecule has 4 nitrogen and oxygen atoms in total. The molecule has 1 fully saturated rings. The number of carbonyl (C=O) groups is 1. The van der Waals surface area contributed by atoms with Crippen molar-refractivity contribution in [3.63, 3.8) is 0 Å². The molecule has 1 aliphatic heterocycles. The molecule has 2 amide bonds. The maximum absolute atomic E-state index is 11.2. The maximum Gasteiger partial charge on any atom is 0.317 e. The molecule has 0 aromatic carbocycles. The fourth-order valence-electron chi connectivity index (χ4n) is 1.49. The number of hydrogen-bond acceptors (Lipinski definition) is 2. The lowest BCUT2D eigenvalue weighted by atomic mass is 9.97. The lowest BCUT2D eigenvalue weighted by Gasteiger charge is -2.29. The normalized spacial score (nSPS) is 17.8. The summed E-state index contributed by atoms with van der Waals surface area (Å²) in [4.78, 5) is 12.9. The van der Waals surface area contributed by atoms with Crippen LogP contribution in [0.5, 0.6) is 0 Å². The number of aliphatic hydroxyl groups is 1. The Morgan fingerprint density at radius 3 is 2.54 bits per heavy atom. The van der Waals surface area contributed by atoms with E-state index in [4.69, 9.17) is 0 Å². The van der Waals surface area contributed by atoms with Gasteiger partial charge in [-0.05, 0) is 12.8 Å². The summed E-state index contributed by atoms with van der Waals surface area (Å²) < 4.78 is 0. The van der Waals surface area contributed by atoms with Crippen molar-refractivity contribution in [1.82, 2.24) is 10.2 Å². The highest BCUT2D eigenvalue weighted by Crippen LogP contribution is 2.17. The number of carbonyl (C=O) groups excluding carboxylic acids is 1. The van der Waals surface area contributed by atoms with Gasteiger partial charge in [0.2, 0.25) is 0 Å². The zero-order valence-electron chi connectivity index (χ0n) is 8.34. The van der Waals surface area contributed by atoms with Gasteiger partial charge in [-0.15, -0.1) is 0 Å². The first-order chi connectivity index (χ1) is 6.11. The van der Waals surface area contributed by atoms with Crippen LogP contribution in [0.1, 0.15) is 26.7 Å². The first-order valence-corrected chi connectivity index (χ1v) is 4.86. The number of nitrogens with one attached hydrogen (secondary N) is 1.